The van der Waals surface area contributed by atoms with Gasteiger partial charge in [0.25, 0.3) is 5.91 Å². The lowest BCUT2D eigenvalue weighted by Crippen LogP contribution is -2.60. The Bertz CT molecular complexity index is 2140. The number of para-hydroxylation sites is 2. The summed E-state index contributed by atoms with van der Waals surface area (Å²) in [5.41, 5.74) is -0.351. The molecule has 5 fully saturated rings. The first-order chi connectivity index (χ1) is 29.2. The molecule has 3 heterocycles. The molecule has 61 heavy (non-hydrogen) atoms. The molecule has 1 unspecified atom stereocenters. The van der Waals surface area contributed by atoms with Crippen LogP contribution < -0.4 is 20.5 Å². The largest absolute Gasteiger partial charge is 0.471 e. The van der Waals surface area contributed by atoms with Crippen LogP contribution in [-0.4, -0.2) is 81.0 Å². The summed E-state index contributed by atoms with van der Waals surface area (Å²) in [6, 6.07) is 9.29. The first-order valence-electron chi connectivity index (χ1n) is 22.1. The second kappa shape index (κ2) is 17.9. The normalized spacial score (nSPS) is 25.4. The van der Waals surface area contributed by atoms with E-state index in [2.05, 4.69) is 22.3 Å². The first kappa shape index (κ1) is 43.5. The zero-order valence-electron chi connectivity index (χ0n) is 35.4. The molecular weight excluding hydrogens is 816 g/mol. The van der Waals surface area contributed by atoms with Gasteiger partial charge >= 0.3 is 7.75 Å². The average Bonchev–Trinajstić information content (AvgIpc) is 4.00. The molecule has 14 nitrogen and oxygen atoms in total. The van der Waals surface area contributed by atoms with Crippen molar-refractivity contribution in [3.8, 4) is 16.5 Å². The van der Waals surface area contributed by atoms with Crippen molar-refractivity contribution in [1.82, 2.24) is 30.6 Å². The Morgan fingerprint density at radius 1 is 0.885 bits per heavy atom. The molecule has 0 bridgehead atoms. The number of fused-ring (bicyclic) bond motifs is 1. The molecule has 328 valence electrons. The van der Waals surface area contributed by atoms with Crippen LogP contribution in [0.3, 0.4) is 0 Å². The van der Waals surface area contributed by atoms with E-state index in [-0.39, 0.29) is 49.3 Å². The number of aromatic nitrogens is 2. The lowest BCUT2D eigenvalue weighted by atomic mass is 9.85. The molecule has 0 spiro atoms. The van der Waals surface area contributed by atoms with Gasteiger partial charge in [0.2, 0.25) is 23.6 Å². The zero-order chi connectivity index (χ0) is 42.9. The van der Waals surface area contributed by atoms with Crippen molar-refractivity contribution >= 4 is 53.7 Å². The number of nitrogens with zero attached hydrogens (tertiary/aromatic N) is 3. The lowest BCUT2D eigenvalue weighted by molar-refractivity contribution is -0.145. The number of thiophene rings is 1. The predicted molar refractivity (Wildman–Crippen MR) is 232 cm³/mol. The van der Waals surface area contributed by atoms with Gasteiger partial charge in [0, 0.05) is 18.3 Å². The molecule has 5 aliphatic rings. The predicted octanol–water partition coefficient (Wildman–Crippen LogP) is 7.63. The molecule has 4 saturated carbocycles. The lowest BCUT2D eigenvalue weighted by Gasteiger charge is -2.36. The van der Waals surface area contributed by atoms with E-state index in [1.807, 2.05) is 62.5 Å². The molecule has 4 aliphatic carbocycles. The van der Waals surface area contributed by atoms with Gasteiger partial charge in [0.15, 0.2) is 0 Å². The molecule has 1 aliphatic heterocycles. The molecule has 4 amide bonds. The smallest absolute Gasteiger partial charge is 0.435 e. The van der Waals surface area contributed by atoms with Crippen molar-refractivity contribution in [3.63, 3.8) is 0 Å². The highest BCUT2D eigenvalue weighted by molar-refractivity contribution is 7.52. The third-order valence-corrected chi connectivity index (χ3v) is 15.5. The van der Waals surface area contributed by atoms with Crippen LogP contribution >= 0.6 is 19.1 Å². The van der Waals surface area contributed by atoms with Gasteiger partial charge in [-0.1, -0.05) is 83.6 Å². The minimum atomic E-state index is -4.13. The molecule has 1 aromatic carbocycles. The van der Waals surface area contributed by atoms with Gasteiger partial charge in [0.05, 0.1) is 34.7 Å². The van der Waals surface area contributed by atoms with Crippen molar-refractivity contribution in [2.75, 3.05) is 6.54 Å². The number of carbonyl (C=O) groups excluding carboxylic acids is 4. The highest BCUT2D eigenvalue weighted by Gasteiger charge is 2.62. The maximum Gasteiger partial charge on any atom is 0.435 e. The van der Waals surface area contributed by atoms with E-state index in [9.17, 15) is 23.7 Å². The van der Waals surface area contributed by atoms with Gasteiger partial charge in [-0.3, -0.25) is 33.3 Å². The molecular formula is C45H59N6O8PS. The Morgan fingerprint density at radius 2 is 1.51 bits per heavy atom. The summed E-state index contributed by atoms with van der Waals surface area (Å²) >= 11 is 1.49. The minimum Gasteiger partial charge on any atom is -0.471 e. The van der Waals surface area contributed by atoms with Gasteiger partial charge < -0.3 is 20.3 Å². The van der Waals surface area contributed by atoms with E-state index in [1.165, 1.54) is 16.2 Å². The number of likely N-dealkylation sites (tertiary alicyclic amines) is 1. The van der Waals surface area contributed by atoms with Crippen LogP contribution in [0.5, 0.6) is 5.88 Å². The zero-order valence-corrected chi connectivity index (χ0v) is 37.1. The number of hydrogen-bond donors (Lipinski definition) is 3. The fraction of sp³-hybridized carbons (Fsp3) is 0.600. The van der Waals surface area contributed by atoms with Gasteiger partial charge in [0.1, 0.15) is 29.4 Å². The van der Waals surface area contributed by atoms with Crippen LogP contribution in [0.4, 0.5) is 0 Å². The Morgan fingerprint density at radius 3 is 2.08 bits per heavy atom. The van der Waals surface area contributed by atoms with E-state index in [1.54, 1.807) is 6.08 Å². The summed E-state index contributed by atoms with van der Waals surface area (Å²) in [4.78, 5) is 69.8. The SMILES string of the molecule is C=CC1C[C@]1(NC(=O)[C@@H]1C[C@@H](Oc2nc3ccccc3nc2-c2cccs2)CN1C(=O)[C@@H](NC(=O)C1CCCC1)C(C)(C)C)C(=O)NP(=O)(OC1CCCC1)OC1CCCC1. The Balaban J connectivity index is 1.08. The minimum absolute atomic E-state index is 0.00489. The van der Waals surface area contributed by atoms with E-state index in [4.69, 9.17) is 23.8 Å². The van der Waals surface area contributed by atoms with E-state index < -0.39 is 60.5 Å². The molecule has 3 N–H and O–H groups in total. The molecule has 2 aromatic heterocycles. The number of ether oxygens (including phenoxy) is 1. The van der Waals surface area contributed by atoms with Crippen molar-refractivity contribution in [2.24, 2.45) is 17.3 Å². The summed E-state index contributed by atoms with van der Waals surface area (Å²) in [7, 11) is -4.13. The third kappa shape index (κ3) is 9.60. The van der Waals surface area contributed by atoms with E-state index >= 15 is 0 Å². The van der Waals surface area contributed by atoms with Crippen LogP contribution in [0, 0.1) is 17.3 Å². The fourth-order valence-electron chi connectivity index (χ4n) is 9.45. The number of hydrogen-bond acceptors (Lipinski definition) is 11. The summed E-state index contributed by atoms with van der Waals surface area (Å²) in [6.45, 7) is 9.60. The van der Waals surface area contributed by atoms with Crippen molar-refractivity contribution in [1.29, 1.82) is 0 Å². The van der Waals surface area contributed by atoms with Gasteiger partial charge in [-0.2, -0.15) is 0 Å². The fourth-order valence-corrected chi connectivity index (χ4v) is 12.0. The molecule has 5 atom stereocenters. The van der Waals surface area contributed by atoms with Crippen LogP contribution in [0.2, 0.25) is 0 Å². The maximum absolute atomic E-state index is 14.9. The van der Waals surface area contributed by atoms with Crippen molar-refractivity contribution in [3.05, 3.63) is 54.4 Å². The summed E-state index contributed by atoms with van der Waals surface area (Å²) in [5.74, 6) is -2.25. The summed E-state index contributed by atoms with van der Waals surface area (Å²) in [6.07, 6.45) is 10.6. The highest BCUT2D eigenvalue weighted by Crippen LogP contribution is 2.53. The molecule has 1 saturated heterocycles. The van der Waals surface area contributed by atoms with Crippen LogP contribution in [0.15, 0.2) is 54.4 Å². The topological polar surface area (TPSA) is 178 Å². The molecule has 0 radical (unpaired) electrons. The Kier molecular flexibility index (Phi) is 12.8. The number of rotatable bonds is 15. The van der Waals surface area contributed by atoms with Crippen molar-refractivity contribution in [2.45, 2.75) is 147 Å². The van der Waals surface area contributed by atoms with Crippen LogP contribution in [0.1, 0.15) is 111 Å². The van der Waals surface area contributed by atoms with Crippen molar-refractivity contribution < 1.29 is 37.5 Å². The van der Waals surface area contributed by atoms with E-state index in [0.29, 0.717) is 16.7 Å². The molecule has 16 heteroatoms. The van der Waals surface area contributed by atoms with Crippen LogP contribution in [0.25, 0.3) is 21.6 Å². The van der Waals surface area contributed by atoms with Crippen LogP contribution in [-0.2, 0) is 32.8 Å². The second-order valence-corrected chi connectivity index (χ2v) is 21.2. The molecule has 3 aromatic rings. The summed E-state index contributed by atoms with van der Waals surface area (Å²) in [5, 5.41) is 10.7. The third-order valence-electron chi connectivity index (χ3n) is 13.0. The van der Waals surface area contributed by atoms with E-state index in [0.717, 1.165) is 81.9 Å². The quantitative estimate of drug-likeness (QED) is 0.102. The standard InChI is InChI=1S/C45H59N6O8PS/c1-5-29-26-45(29,43(55)50-60(56,58-30-17-8-9-18-30)59-31-19-10-11-20-31)49-40(53)35-25-32(27-51(35)42(54)38(44(2,3)4)48-39(52)28-15-6-7-16-28)57-41-37(36-23-14-24-61-36)46-33-21-12-13-22-34(33)47-41/h5,12-14,21-24,28-32,35,38H,1,6-11,15-20,25-27H2,2-4H3,(H,48,52)(H,49,53)(H,50,55,56)/t29?,32-,35+,38-,45-/m1/s1. The second-order valence-electron chi connectivity index (χ2n) is 18.6. The Labute approximate surface area is 361 Å². The number of nitrogens with one attached hydrogen (secondary N) is 3. The maximum atomic E-state index is 14.9. The van der Waals surface area contributed by atoms with Gasteiger partial charge in [-0.25, -0.2) is 14.5 Å². The van der Waals surface area contributed by atoms with Gasteiger partial charge in [-0.05, 0) is 73.9 Å². The Hall–Kier alpha value is -4.17. The van der Waals surface area contributed by atoms with Gasteiger partial charge in [-0.15, -0.1) is 17.9 Å². The summed E-state index contributed by atoms with van der Waals surface area (Å²) < 4.78 is 33.3. The number of benzene rings is 1. The highest BCUT2D eigenvalue weighted by atomic mass is 32.1. The number of carbonyl (C=O) groups is 4. The first-order valence-corrected chi connectivity index (χ1v) is 24.5. The average molecular weight is 875 g/mol. The monoisotopic (exact) mass is 874 g/mol. The molecule has 8 rings (SSSR count). The number of amides is 4.